The Labute approximate surface area is 131 Å². The van der Waals surface area contributed by atoms with Crippen LogP contribution >= 0.6 is 11.6 Å². The lowest BCUT2D eigenvalue weighted by Crippen LogP contribution is -2.30. The number of nitrogens with one attached hydrogen (secondary N) is 1. The number of aliphatic hydroxyl groups is 1. The number of rotatable bonds is 8. The zero-order valence-electron chi connectivity index (χ0n) is 13.3. The lowest BCUT2D eigenvalue weighted by molar-refractivity contribution is 0.0941. The predicted molar refractivity (Wildman–Crippen MR) is 84.7 cm³/mol. The van der Waals surface area contributed by atoms with Crippen molar-refractivity contribution in [3.8, 4) is 0 Å². The summed E-state index contributed by atoms with van der Waals surface area (Å²) in [5.74, 6) is 0.242. The molecule has 0 fully saturated rings. The van der Waals surface area contributed by atoms with E-state index in [1.807, 2.05) is 13.8 Å². The number of aliphatic hydroxyl groups excluding tert-OH is 1. The van der Waals surface area contributed by atoms with Gasteiger partial charge in [-0.25, -0.2) is 0 Å². The van der Waals surface area contributed by atoms with Gasteiger partial charge in [0.15, 0.2) is 0 Å². The van der Waals surface area contributed by atoms with E-state index in [9.17, 15) is 4.79 Å². The maximum Gasteiger partial charge on any atom is 0.256 e. The Balaban J connectivity index is 2.80. The fourth-order valence-electron chi connectivity index (χ4n) is 2.40. The van der Waals surface area contributed by atoms with Gasteiger partial charge in [-0.2, -0.15) is 5.10 Å². The van der Waals surface area contributed by atoms with Crippen LogP contribution in [0.2, 0.25) is 5.15 Å². The number of halogens is 1. The summed E-state index contributed by atoms with van der Waals surface area (Å²) in [4.78, 5) is 12.4. The van der Waals surface area contributed by atoms with Gasteiger partial charge >= 0.3 is 0 Å². The molecule has 1 unspecified atom stereocenters. The highest BCUT2D eigenvalue weighted by atomic mass is 35.5. The summed E-state index contributed by atoms with van der Waals surface area (Å²) in [6.07, 6.45) is 2.72. The minimum Gasteiger partial charge on any atom is -0.396 e. The van der Waals surface area contributed by atoms with Crippen LogP contribution in [0.4, 0.5) is 0 Å². The van der Waals surface area contributed by atoms with E-state index >= 15 is 0 Å². The van der Waals surface area contributed by atoms with Crippen molar-refractivity contribution in [2.75, 3.05) is 13.2 Å². The van der Waals surface area contributed by atoms with E-state index in [-0.39, 0.29) is 18.4 Å². The molecule has 1 aromatic heterocycles. The standard InChI is InChI=1S/C15H26ClN3O2/c1-5-6-11(7-8-20)9-17-15(21)12-13(10(2)3)18-19(4)14(12)16/h10-11,20H,5-9H2,1-4H3,(H,17,21). The quantitative estimate of drug-likeness (QED) is 0.775. The van der Waals surface area contributed by atoms with E-state index in [2.05, 4.69) is 17.3 Å². The highest BCUT2D eigenvalue weighted by Gasteiger charge is 2.23. The van der Waals surface area contributed by atoms with Crippen molar-refractivity contribution in [3.05, 3.63) is 16.4 Å². The first-order chi connectivity index (χ1) is 9.92. The molecule has 0 radical (unpaired) electrons. The molecular formula is C15H26ClN3O2. The van der Waals surface area contributed by atoms with Crippen molar-refractivity contribution in [2.45, 2.75) is 46.0 Å². The third-order valence-corrected chi connectivity index (χ3v) is 4.00. The van der Waals surface area contributed by atoms with Crippen LogP contribution in [0.3, 0.4) is 0 Å². The van der Waals surface area contributed by atoms with Gasteiger partial charge < -0.3 is 10.4 Å². The number of aromatic nitrogens is 2. The summed E-state index contributed by atoms with van der Waals surface area (Å²) in [5, 5.41) is 16.7. The number of aryl methyl sites for hydroxylation is 1. The van der Waals surface area contributed by atoms with E-state index in [0.29, 0.717) is 35.3 Å². The molecule has 0 aliphatic heterocycles. The molecule has 0 saturated heterocycles. The first-order valence-corrected chi connectivity index (χ1v) is 7.91. The smallest absolute Gasteiger partial charge is 0.256 e. The van der Waals surface area contributed by atoms with Crippen molar-refractivity contribution in [3.63, 3.8) is 0 Å². The van der Waals surface area contributed by atoms with Crippen molar-refractivity contribution >= 4 is 17.5 Å². The summed E-state index contributed by atoms with van der Waals surface area (Å²) in [7, 11) is 1.73. The Kier molecular flexibility index (Phi) is 7.18. The monoisotopic (exact) mass is 315 g/mol. The van der Waals surface area contributed by atoms with E-state index in [0.717, 1.165) is 12.8 Å². The van der Waals surface area contributed by atoms with Gasteiger partial charge in [-0.1, -0.05) is 38.8 Å². The molecule has 6 heteroatoms. The summed E-state index contributed by atoms with van der Waals surface area (Å²) < 4.78 is 1.53. The van der Waals surface area contributed by atoms with Gasteiger partial charge in [0.25, 0.3) is 5.91 Å². The fraction of sp³-hybridized carbons (Fsp3) is 0.733. The third kappa shape index (κ3) is 4.71. The second-order valence-corrected chi connectivity index (χ2v) is 6.06. The van der Waals surface area contributed by atoms with Crippen LogP contribution in [0.5, 0.6) is 0 Å². The van der Waals surface area contributed by atoms with Gasteiger partial charge in [-0.3, -0.25) is 9.48 Å². The van der Waals surface area contributed by atoms with E-state index in [4.69, 9.17) is 16.7 Å². The molecule has 5 nitrogen and oxygen atoms in total. The molecule has 2 N–H and O–H groups in total. The molecule has 1 heterocycles. The largest absolute Gasteiger partial charge is 0.396 e. The molecule has 120 valence electrons. The molecule has 0 aromatic carbocycles. The van der Waals surface area contributed by atoms with Crippen LogP contribution in [-0.2, 0) is 7.05 Å². The second-order valence-electron chi connectivity index (χ2n) is 5.71. The number of hydrogen-bond acceptors (Lipinski definition) is 3. The average Bonchev–Trinajstić information content (AvgIpc) is 2.73. The lowest BCUT2D eigenvalue weighted by atomic mass is 10.00. The van der Waals surface area contributed by atoms with Gasteiger partial charge in [0.05, 0.1) is 11.3 Å². The summed E-state index contributed by atoms with van der Waals surface area (Å²) in [6.45, 7) is 6.77. The van der Waals surface area contributed by atoms with Crippen molar-refractivity contribution < 1.29 is 9.90 Å². The maximum atomic E-state index is 12.4. The zero-order chi connectivity index (χ0) is 16.0. The van der Waals surface area contributed by atoms with Crippen LogP contribution in [0.25, 0.3) is 0 Å². The Morgan fingerprint density at radius 1 is 1.43 bits per heavy atom. The van der Waals surface area contributed by atoms with Gasteiger partial charge in [-0.05, 0) is 24.7 Å². The molecule has 0 saturated carbocycles. The predicted octanol–water partition coefficient (Wildman–Crippen LogP) is 2.73. The number of carbonyl (C=O) groups excluding carboxylic acids is 1. The van der Waals surface area contributed by atoms with Crippen LogP contribution in [-0.4, -0.2) is 33.9 Å². The Hall–Kier alpha value is -1.07. The van der Waals surface area contributed by atoms with Crippen LogP contribution in [0.1, 0.15) is 62.0 Å². The lowest BCUT2D eigenvalue weighted by Gasteiger charge is -2.16. The van der Waals surface area contributed by atoms with Gasteiger partial charge in [0.1, 0.15) is 5.15 Å². The molecule has 21 heavy (non-hydrogen) atoms. The highest BCUT2D eigenvalue weighted by molar-refractivity contribution is 6.33. The Morgan fingerprint density at radius 3 is 2.62 bits per heavy atom. The van der Waals surface area contributed by atoms with Gasteiger partial charge in [0, 0.05) is 20.2 Å². The Bertz CT molecular complexity index is 466. The zero-order valence-corrected chi connectivity index (χ0v) is 14.1. The number of amides is 1. The first-order valence-electron chi connectivity index (χ1n) is 7.53. The molecule has 1 atom stereocenters. The van der Waals surface area contributed by atoms with Crippen LogP contribution in [0.15, 0.2) is 0 Å². The molecular weight excluding hydrogens is 290 g/mol. The summed E-state index contributed by atoms with van der Waals surface area (Å²) >= 11 is 6.19. The average molecular weight is 316 g/mol. The molecule has 0 aliphatic carbocycles. The van der Waals surface area contributed by atoms with E-state index in [1.54, 1.807) is 7.05 Å². The van der Waals surface area contributed by atoms with Crippen LogP contribution in [0, 0.1) is 5.92 Å². The maximum absolute atomic E-state index is 12.4. The van der Waals surface area contributed by atoms with E-state index < -0.39 is 0 Å². The second kappa shape index (κ2) is 8.39. The molecule has 0 aliphatic rings. The summed E-state index contributed by atoms with van der Waals surface area (Å²) in [5.41, 5.74) is 1.18. The van der Waals surface area contributed by atoms with Crippen molar-refractivity contribution in [2.24, 2.45) is 13.0 Å². The molecule has 1 aromatic rings. The first kappa shape index (κ1) is 18.0. The van der Waals surface area contributed by atoms with Gasteiger partial charge in [0.2, 0.25) is 0 Å². The SMILES string of the molecule is CCCC(CCO)CNC(=O)c1c(C(C)C)nn(C)c1Cl. The Morgan fingerprint density at radius 2 is 2.10 bits per heavy atom. The highest BCUT2D eigenvalue weighted by Crippen LogP contribution is 2.25. The topological polar surface area (TPSA) is 67.2 Å². The minimum absolute atomic E-state index is 0.133. The molecule has 1 rings (SSSR count). The number of carbonyl (C=O) groups is 1. The van der Waals surface area contributed by atoms with Crippen molar-refractivity contribution in [1.82, 2.24) is 15.1 Å². The normalized spacial score (nSPS) is 12.7. The number of nitrogens with zero attached hydrogens (tertiary/aromatic N) is 2. The molecule has 0 spiro atoms. The minimum atomic E-state index is -0.184. The third-order valence-electron chi connectivity index (χ3n) is 3.56. The van der Waals surface area contributed by atoms with E-state index in [1.165, 1.54) is 4.68 Å². The molecule has 0 bridgehead atoms. The summed E-state index contributed by atoms with van der Waals surface area (Å²) in [6, 6.07) is 0. The van der Waals surface area contributed by atoms with Crippen molar-refractivity contribution in [1.29, 1.82) is 0 Å². The molecule has 1 amide bonds. The fourth-order valence-corrected chi connectivity index (χ4v) is 2.62. The number of hydrogen-bond donors (Lipinski definition) is 2. The van der Waals surface area contributed by atoms with Crippen LogP contribution < -0.4 is 5.32 Å². The van der Waals surface area contributed by atoms with Gasteiger partial charge in [-0.15, -0.1) is 0 Å².